The minimum atomic E-state index is -3.48. The normalized spacial score (nSPS) is 21.7. The van der Waals surface area contributed by atoms with E-state index in [4.69, 9.17) is 9.47 Å². The lowest BCUT2D eigenvalue weighted by Gasteiger charge is -2.25. The second-order valence-corrected chi connectivity index (χ2v) is 12.5. The first-order valence-electron chi connectivity index (χ1n) is 12.3. The molecule has 4 heterocycles. The van der Waals surface area contributed by atoms with E-state index >= 15 is 0 Å². The van der Waals surface area contributed by atoms with Gasteiger partial charge in [0.05, 0.1) is 30.0 Å². The van der Waals surface area contributed by atoms with Gasteiger partial charge in [-0.3, -0.25) is 20.0 Å². The van der Waals surface area contributed by atoms with Crippen molar-refractivity contribution in [1.29, 1.82) is 0 Å². The van der Waals surface area contributed by atoms with Crippen LogP contribution in [0, 0.1) is 0 Å². The molecular weight excluding hydrogens is 502 g/mol. The molecule has 194 valence electrons. The molecule has 3 saturated heterocycles. The van der Waals surface area contributed by atoms with Crippen molar-refractivity contribution in [3.63, 3.8) is 0 Å². The molecule has 0 aliphatic carbocycles. The summed E-state index contributed by atoms with van der Waals surface area (Å²) in [5.41, 5.74) is 0.807. The highest BCUT2D eigenvalue weighted by Gasteiger charge is 2.31. The van der Waals surface area contributed by atoms with E-state index < -0.39 is 15.1 Å². The molecule has 0 saturated carbocycles. The van der Waals surface area contributed by atoms with Crippen LogP contribution in [0.1, 0.15) is 29.7 Å². The maximum Gasteiger partial charge on any atom is 0.278 e. The second kappa shape index (κ2) is 11.3. The minimum absolute atomic E-state index is 0.218. The summed E-state index contributed by atoms with van der Waals surface area (Å²) in [6.07, 6.45) is 4.34. The first-order chi connectivity index (χ1) is 17.5. The first kappa shape index (κ1) is 25.3. The molecule has 12 heteroatoms. The summed E-state index contributed by atoms with van der Waals surface area (Å²) in [5, 5.41) is 9.40. The number of benzene rings is 1. The quantitative estimate of drug-likeness (QED) is 0.513. The van der Waals surface area contributed by atoms with Gasteiger partial charge in [0.1, 0.15) is 0 Å². The molecule has 2 aromatic rings. The molecule has 1 amide bonds. The smallest absolute Gasteiger partial charge is 0.278 e. The Bertz CT molecular complexity index is 1180. The Labute approximate surface area is 215 Å². The van der Waals surface area contributed by atoms with Crippen molar-refractivity contribution < 1.29 is 22.7 Å². The fourth-order valence-corrected chi connectivity index (χ4v) is 6.94. The molecule has 5 rings (SSSR count). The zero-order valence-electron chi connectivity index (χ0n) is 20.1. The molecule has 3 aliphatic heterocycles. The van der Waals surface area contributed by atoms with Crippen molar-refractivity contribution in [3.8, 4) is 0 Å². The largest absolute Gasteiger partial charge is 0.380 e. The molecule has 36 heavy (non-hydrogen) atoms. The van der Waals surface area contributed by atoms with Crippen LogP contribution in [0.4, 0.5) is 5.13 Å². The predicted molar refractivity (Wildman–Crippen MR) is 137 cm³/mol. The lowest BCUT2D eigenvalue weighted by atomic mass is 10.1. The van der Waals surface area contributed by atoms with Gasteiger partial charge in [0.25, 0.3) is 5.91 Å². The fraction of sp³-hybridized carbons (Fsp3) is 0.542. The number of ether oxygens (including phenoxy) is 2. The van der Waals surface area contributed by atoms with Gasteiger partial charge in [-0.05, 0) is 31.4 Å². The maximum absolute atomic E-state index is 13.3. The Balaban J connectivity index is 1.32. The van der Waals surface area contributed by atoms with Crippen molar-refractivity contribution in [3.05, 3.63) is 40.9 Å². The van der Waals surface area contributed by atoms with Gasteiger partial charge in [0.15, 0.2) is 20.7 Å². The number of nitrogens with zero attached hydrogens (tertiary/aromatic N) is 4. The van der Waals surface area contributed by atoms with Crippen LogP contribution in [0.15, 0.2) is 40.5 Å². The molecular formula is C24H31N5O5S2. The number of hydrazone groups is 1. The monoisotopic (exact) mass is 533 g/mol. The standard InChI is InChI=1S/C24H31N5O5S2/c30-23(26-24-25-15-19(35-24)16-28-10-13-33-14-11-28)22(27-29-8-1-2-9-29)18-3-5-20(6-4-18)36(31,32)21-7-12-34-17-21/h3-6,15,21H,1-2,7-14,16-17H2,(H,25,26,30)/t21-/m0/s1. The van der Waals surface area contributed by atoms with Gasteiger partial charge in [0.2, 0.25) is 0 Å². The maximum atomic E-state index is 13.3. The topological polar surface area (TPSA) is 113 Å². The van der Waals surface area contributed by atoms with Gasteiger partial charge in [0, 0.05) is 56.0 Å². The Hall–Kier alpha value is -2.38. The van der Waals surface area contributed by atoms with Crippen LogP contribution in [0.3, 0.4) is 0 Å². The van der Waals surface area contributed by atoms with Crippen molar-refractivity contribution in [2.45, 2.75) is 36.0 Å². The van der Waals surface area contributed by atoms with Crippen LogP contribution < -0.4 is 5.32 Å². The number of sulfone groups is 1. The van der Waals surface area contributed by atoms with Gasteiger partial charge < -0.3 is 9.47 Å². The van der Waals surface area contributed by atoms with Crippen molar-refractivity contribution in [2.75, 3.05) is 57.9 Å². The number of morpholine rings is 1. The van der Waals surface area contributed by atoms with Gasteiger partial charge in [-0.25, -0.2) is 13.4 Å². The van der Waals surface area contributed by atoms with Crippen molar-refractivity contribution in [2.24, 2.45) is 5.10 Å². The molecule has 1 atom stereocenters. The van der Waals surface area contributed by atoms with Crippen LogP contribution in [0.2, 0.25) is 0 Å². The summed E-state index contributed by atoms with van der Waals surface area (Å²) in [7, 11) is -3.48. The van der Waals surface area contributed by atoms with E-state index in [9.17, 15) is 13.2 Å². The Morgan fingerprint density at radius 1 is 1.08 bits per heavy atom. The minimum Gasteiger partial charge on any atom is -0.380 e. The highest BCUT2D eigenvalue weighted by Crippen LogP contribution is 2.24. The zero-order chi connectivity index (χ0) is 25.0. The van der Waals surface area contributed by atoms with Crippen molar-refractivity contribution >= 4 is 37.9 Å². The molecule has 1 aromatic carbocycles. The molecule has 3 aliphatic rings. The van der Waals surface area contributed by atoms with Crippen LogP contribution >= 0.6 is 11.3 Å². The number of thiazole rings is 1. The summed E-state index contributed by atoms with van der Waals surface area (Å²) < 4.78 is 36.5. The summed E-state index contributed by atoms with van der Waals surface area (Å²) in [4.78, 5) is 21.3. The van der Waals surface area contributed by atoms with Crippen LogP contribution in [0.25, 0.3) is 0 Å². The highest BCUT2D eigenvalue weighted by molar-refractivity contribution is 7.92. The number of amides is 1. The summed E-state index contributed by atoms with van der Waals surface area (Å²) >= 11 is 1.44. The van der Waals surface area contributed by atoms with E-state index in [1.54, 1.807) is 30.5 Å². The molecule has 3 fully saturated rings. The molecule has 0 radical (unpaired) electrons. The number of anilines is 1. The van der Waals surface area contributed by atoms with E-state index in [-0.39, 0.29) is 23.1 Å². The van der Waals surface area contributed by atoms with E-state index in [1.807, 2.05) is 5.01 Å². The van der Waals surface area contributed by atoms with Gasteiger partial charge in [-0.1, -0.05) is 12.1 Å². The number of hydrogen-bond donors (Lipinski definition) is 1. The van der Waals surface area contributed by atoms with Crippen molar-refractivity contribution in [1.82, 2.24) is 14.9 Å². The molecule has 0 bridgehead atoms. The number of nitrogens with one attached hydrogen (secondary N) is 1. The fourth-order valence-electron chi connectivity index (χ4n) is 4.50. The number of hydrogen-bond acceptors (Lipinski definition) is 10. The third-order valence-corrected chi connectivity index (χ3v) is 9.66. The predicted octanol–water partition coefficient (Wildman–Crippen LogP) is 1.98. The Morgan fingerprint density at radius 2 is 1.83 bits per heavy atom. The second-order valence-electron chi connectivity index (χ2n) is 9.14. The van der Waals surface area contributed by atoms with Gasteiger partial charge in [-0.15, -0.1) is 11.3 Å². The van der Waals surface area contributed by atoms with E-state index in [0.29, 0.717) is 23.7 Å². The van der Waals surface area contributed by atoms with E-state index in [1.165, 1.54) is 11.3 Å². The number of rotatable bonds is 8. The van der Waals surface area contributed by atoms with Gasteiger partial charge >= 0.3 is 0 Å². The highest BCUT2D eigenvalue weighted by atomic mass is 32.2. The lowest BCUT2D eigenvalue weighted by molar-refractivity contribution is -0.110. The third kappa shape index (κ3) is 5.94. The summed E-state index contributed by atoms with van der Waals surface area (Å²) in [6, 6.07) is 6.42. The summed E-state index contributed by atoms with van der Waals surface area (Å²) in [5.74, 6) is -0.367. The zero-order valence-corrected chi connectivity index (χ0v) is 21.7. The average Bonchev–Trinajstić information content (AvgIpc) is 3.67. The number of aromatic nitrogens is 1. The number of carbonyl (C=O) groups is 1. The molecule has 0 unspecified atom stereocenters. The first-order valence-corrected chi connectivity index (χ1v) is 14.7. The lowest BCUT2D eigenvalue weighted by Crippen LogP contribution is -2.35. The Kier molecular flexibility index (Phi) is 7.96. The molecule has 0 spiro atoms. The van der Waals surface area contributed by atoms with E-state index in [2.05, 4.69) is 20.3 Å². The van der Waals surface area contributed by atoms with Crippen LogP contribution in [0.5, 0.6) is 0 Å². The van der Waals surface area contributed by atoms with E-state index in [0.717, 1.165) is 63.7 Å². The molecule has 1 aromatic heterocycles. The summed E-state index contributed by atoms with van der Waals surface area (Å²) in [6.45, 7) is 6.23. The van der Waals surface area contributed by atoms with Gasteiger partial charge in [-0.2, -0.15) is 5.10 Å². The van der Waals surface area contributed by atoms with Crippen LogP contribution in [-0.2, 0) is 30.7 Å². The van der Waals surface area contributed by atoms with Crippen LogP contribution in [-0.4, -0.2) is 92.8 Å². The molecule has 1 N–H and O–H groups in total. The third-order valence-electron chi connectivity index (χ3n) is 6.58. The Morgan fingerprint density at radius 3 is 2.53 bits per heavy atom. The SMILES string of the molecule is O=C(Nc1ncc(CN2CCOCC2)s1)C(=NN1CCCC1)c1ccc(S(=O)(=O)[C@H]2CCOC2)cc1. The number of carbonyl (C=O) groups excluding carboxylic acids is 1. The average molecular weight is 534 g/mol. The molecule has 10 nitrogen and oxygen atoms in total.